The second-order valence-corrected chi connectivity index (χ2v) is 12.0. The third kappa shape index (κ3) is 7.92. The number of fused-ring (bicyclic) bond motifs is 1. The van der Waals surface area contributed by atoms with Crippen LogP contribution in [0.1, 0.15) is 0 Å². The third-order valence-electron chi connectivity index (χ3n) is 5.90. The maximum Gasteiger partial charge on any atom is 0.296 e. The molecule has 0 fully saturated rings. The molecule has 0 aliphatic heterocycles. The van der Waals surface area contributed by atoms with E-state index in [0.717, 1.165) is 6.07 Å². The molecule has 4 aromatic rings. The number of hydrogen-bond acceptors (Lipinski definition) is 16. The van der Waals surface area contributed by atoms with Crippen molar-refractivity contribution in [1.29, 1.82) is 0 Å². The van der Waals surface area contributed by atoms with Gasteiger partial charge in [-0.2, -0.15) is 8.42 Å². The molecular weight excluding hydrogens is 636 g/mol. The molecule has 0 aliphatic carbocycles. The Labute approximate surface area is 257 Å². The molecule has 240 valence electrons. The number of aliphatic hydroxyl groups excluding tert-OH is 2. The Balaban J connectivity index is 1.88. The molecule has 17 nitrogen and oxygen atoms in total. The van der Waals surface area contributed by atoms with E-state index in [1.165, 1.54) is 48.5 Å². The molecule has 0 unspecified atom stereocenters. The average molecular weight is 665 g/mol. The van der Waals surface area contributed by atoms with Gasteiger partial charge in [-0.05, 0) is 41.8 Å². The van der Waals surface area contributed by atoms with Gasteiger partial charge in [0.25, 0.3) is 10.1 Å². The minimum Gasteiger partial charge on any atom is -0.505 e. The lowest BCUT2D eigenvalue weighted by atomic mass is 10.1. The summed E-state index contributed by atoms with van der Waals surface area (Å²) in [6.07, 6.45) is 0. The lowest BCUT2D eigenvalue weighted by Gasteiger charge is -2.22. The van der Waals surface area contributed by atoms with E-state index in [4.69, 9.17) is 20.9 Å². The van der Waals surface area contributed by atoms with Crippen molar-refractivity contribution >= 4 is 65.9 Å². The van der Waals surface area contributed by atoms with Crippen molar-refractivity contribution in [2.24, 2.45) is 20.5 Å². The van der Waals surface area contributed by atoms with Crippen molar-refractivity contribution in [3.05, 3.63) is 54.6 Å². The number of benzene rings is 4. The molecule has 0 saturated heterocycles. The number of phenolic OH excluding ortho intramolecular Hbond substituents is 1. The molecular formula is C26H28N6O11S2. The van der Waals surface area contributed by atoms with Gasteiger partial charge >= 0.3 is 0 Å². The second-order valence-electron chi connectivity index (χ2n) is 9.11. The quantitative estimate of drug-likeness (QED) is 0.0541. The standard InChI is InChI=1S/C26H28N6O11S2/c27-15-2-1-14-9-24(45(39,40)41)25(26(35)17(14)10-15)32-31-20-13-21(42-7-5-33)19(12-22(20)43-8-6-34)30-29-18-4-3-16(28)11-23(18)44(36,37)38/h1-4,9-13,33-35,39-41H,5-8,27-28H2,(H,36,37,38). The van der Waals surface area contributed by atoms with E-state index >= 15 is 0 Å². The molecule has 0 bridgehead atoms. The molecule has 0 amide bonds. The van der Waals surface area contributed by atoms with Crippen LogP contribution in [0.15, 0.2) is 84.8 Å². The van der Waals surface area contributed by atoms with Crippen LogP contribution in [0.5, 0.6) is 17.2 Å². The maximum atomic E-state index is 11.8. The van der Waals surface area contributed by atoms with Gasteiger partial charge in [0, 0.05) is 28.9 Å². The minimum atomic E-state index is -4.74. The zero-order valence-corrected chi connectivity index (χ0v) is 24.7. The van der Waals surface area contributed by atoms with Crippen LogP contribution < -0.4 is 20.9 Å². The van der Waals surface area contributed by atoms with Crippen LogP contribution in [0.3, 0.4) is 0 Å². The van der Waals surface area contributed by atoms with Crippen LogP contribution in [-0.2, 0) is 10.1 Å². The highest BCUT2D eigenvalue weighted by molar-refractivity contribution is 8.19. The number of anilines is 2. The van der Waals surface area contributed by atoms with Gasteiger partial charge in [0.1, 0.15) is 63.2 Å². The first kappa shape index (κ1) is 33.3. The Morgan fingerprint density at radius 1 is 0.667 bits per heavy atom. The lowest BCUT2D eigenvalue weighted by Crippen LogP contribution is -2.04. The maximum absolute atomic E-state index is 11.8. The molecule has 0 spiro atoms. The summed E-state index contributed by atoms with van der Waals surface area (Å²) >= 11 is 0. The number of nitrogens with zero attached hydrogens (tertiary/aromatic N) is 4. The normalized spacial score (nSPS) is 12.8. The number of phenols is 1. The molecule has 0 heterocycles. The predicted octanol–water partition coefficient (Wildman–Crippen LogP) is 5.11. The predicted molar refractivity (Wildman–Crippen MR) is 164 cm³/mol. The number of rotatable bonds is 12. The summed E-state index contributed by atoms with van der Waals surface area (Å²) in [7, 11) is -9.16. The Bertz CT molecular complexity index is 1900. The molecule has 0 radical (unpaired) electrons. The Morgan fingerprint density at radius 3 is 1.76 bits per heavy atom. The Kier molecular flexibility index (Phi) is 10.1. The Hall–Kier alpha value is -4.60. The fourth-order valence-electron chi connectivity index (χ4n) is 3.93. The fraction of sp³-hybridized carbons (Fsp3) is 0.154. The molecule has 19 heteroatoms. The van der Waals surface area contributed by atoms with Gasteiger partial charge < -0.3 is 49.9 Å². The zero-order chi connectivity index (χ0) is 32.9. The number of aromatic hydroxyl groups is 1. The van der Waals surface area contributed by atoms with Crippen molar-refractivity contribution < 1.29 is 51.4 Å². The monoisotopic (exact) mass is 664 g/mol. The van der Waals surface area contributed by atoms with Gasteiger partial charge in [0.2, 0.25) is 0 Å². The van der Waals surface area contributed by atoms with Crippen LogP contribution in [0.2, 0.25) is 0 Å². The van der Waals surface area contributed by atoms with E-state index < -0.39 is 55.4 Å². The summed E-state index contributed by atoms with van der Waals surface area (Å²) in [4.78, 5) is -1.16. The van der Waals surface area contributed by atoms with Crippen LogP contribution in [-0.4, -0.2) is 68.4 Å². The van der Waals surface area contributed by atoms with Gasteiger partial charge in [-0.3, -0.25) is 4.55 Å². The summed E-state index contributed by atoms with van der Waals surface area (Å²) in [5.74, 6) is -0.748. The SMILES string of the molecule is Nc1ccc(N=Nc2cc(OCCO)c(N=Nc3c(S(O)(O)O)cc4ccc(N)cc4c3O)cc2OCCO)c(S(=O)(=O)O)c1. The number of nitrogen functional groups attached to an aromatic ring is 2. The summed E-state index contributed by atoms with van der Waals surface area (Å²) in [5.41, 5.74) is 10.8. The van der Waals surface area contributed by atoms with Crippen LogP contribution in [0, 0.1) is 0 Å². The summed E-state index contributed by atoms with van der Waals surface area (Å²) in [6, 6.07) is 11.6. The molecule has 0 aromatic heterocycles. The largest absolute Gasteiger partial charge is 0.505 e. The highest BCUT2D eigenvalue weighted by atomic mass is 32.3. The van der Waals surface area contributed by atoms with Gasteiger partial charge in [-0.25, -0.2) is 0 Å². The van der Waals surface area contributed by atoms with Crippen molar-refractivity contribution in [3.8, 4) is 17.2 Å². The van der Waals surface area contributed by atoms with E-state index in [1.54, 1.807) is 0 Å². The van der Waals surface area contributed by atoms with Crippen molar-refractivity contribution in [1.82, 2.24) is 0 Å². The second kappa shape index (κ2) is 13.6. The highest BCUT2D eigenvalue weighted by Gasteiger charge is 2.26. The van der Waals surface area contributed by atoms with Crippen LogP contribution in [0.25, 0.3) is 10.8 Å². The van der Waals surface area contributed by atoms with Crippen LogP contribution >= 0.6 is 10.9 Å². The number of aliphatic hydroxyl groups is 2. The molecule has 0 saturated carbocycles. The highest BCUT2D eigenvalue weighted by Crippen LogP contribution is 2.54. The smallest absolute Gasteiger partial charge is 0.296 e. The molecule has 4 rings (SSSR count). The molecule has 4 aromatic carbocycles. The average Bonchev–Trinajstić information content (AvgIpc) is 2.97. The van der Waals surface area contributed by atoms with E-state index in [1.807, 2.05) is 0 Å². The van der Waals surface area contributed by atoms with Gasteiger partial charge in [-0.15, -0.1) is 20.5 Å². The topological polar surface area (TPSA) is 296 Å². The van der Waals surface area contributed by atoms with Crippen LogP contribution in [0.4, 0.5) is 34.1 Å². The number of ether oxygens (including phenoxy) is 2. The number of nitrogens with two attached hydrogens (primary N) is 2. The van der Waals surface area contributed by atoms with E-state index in [-0.39, 0.29) is 58.5 Å². The molecule has 0 aliphatic rings. The number of hydrogen-bond donors (Lipinski definition) is 9. The van der Waals surface area contributed by atoms with Gasteiger partial charge in [0.05, 0.1) is 18.1 Å². The van der Waals surface area contributed by atoms with Crippen molar-refractivity contribution in [3.63, 3.8) is 0 Å². The first-order chi connectivity index (χ1) is 21.2. The third-order valence-corrected chi connectivity index (χ3v) is 7.68. The number of azo groups is 2. The first-order valence-electron chi connectivity index (χ1n) is 12.6. The lowest BCUT2D eigenvalue weighted by molar-refractivity contribution is 0.198. The van der Waals surface area contributed by atoms with Gasteiger partial charge in [-0.1, -0.05) is 6.07 Å². The fourth-order valence-corrected chi connectivity index (χ4v) is 5.27. The van der Waals surface area contributed by atoms with Crippen molar-refractivity contribution in [2.75, 3.05) is 37.9 Å². The van der Waals surface area contributed by atoms with Crippen molar-refractivity contribution in [2.45, 2.75) is 9.79 Å². The zero-order valence-electron chi connectivity index (χ0n) is 23.0. The molecule has 45 heavy (non-hydrogen) atoms. The van der Waals surface area contributed by atoms with E-state index in [0.29, 0.717) is 5.39 Å². The summed E-state index contributed by atoms with van der Waals surface area (Å²) < 4.78 is 74.6. The Morgan fingerprint density at radius 2 is 1.20 bits per heavy atom. The minimum absolute atomic E-state index is 0.0365. The van der Waals surface area contributed by atoms with E-state index in [2.05, 4.69) is 20.5 Å². The summed E-state index contributed by atoms with van der Waals surface area (Å²) in [5, 5.41) is 46.0. The first-order valence-corrected chi connectivity index (χ1v) is 15.6. The molecule has 11 N–H and O–H groups in total. The molecule has 0 atom stereocenters. The summed E-state index contributed by atoms with van der Waals surface area (Å²) in [6.45, 7) is -1.34. The van der Waals surface area contributed by atoms with E-state index in [9.17, 15) is 41.9 Å². The van der Waals surface area contributed by atoms with Gasteiger partial charge in [0.15, 0.2) is 5.75 Å².